The lowest BCUT2D eigenvalue weighted by Crippen LogP contribution is -2.28. The zero-order valence-electron chi connectivity index (χ0n) is 9.90. The number of fused-ring (bicyclic) bond motifs is 1. The van der Waals surface area contributed by atoms with Crippen LogP contribution >= 0.6 is 11.5 Å². The molecule has 4 heteroatoms. The smallest absolute Gasteiger partial charge is 0.119 e. The molecular formula is C13H16N2OS. The molecule has 1 unspecified atom stereocenters. The molecule has 0 amide bonds. The number of hydrogen-bond acceptors (Lipinski definition) is 4. The number of benzene rings is 1. The van der Waals surface area contributed by atoms with E-state index >= 15 is 0 Å². The summed E-state index contributed by atoms with van der Waals surface area (Å²) < 4.78 is 11.2. The lowest BCUT2D eigenvalue weighted by Gasteiger charge is -2.21. The molecule has 0 spiro atoms. The maximum Gasteiger partial charge on any atom is 0.119 e. The fourth-order valence-electron chi connectivity index (χ4n) is 2.44. The summed E-state index contributed by atoms with van der Waals surface area (Å²) in [5.74, 6) is 1.48. The molecule has 1 atom stereocenters. The van der Waals surface area contributed by atoms with Crippen molar-refractivity contribution >= 4 is 21.6 Å². The third-order valence-corrected chi connectivity index (χ3v) is 4.23. The highest BCUT2D eigenvalue weighted by atomic mass is 32.1. The zero-order chi connectivity index (χ0) is 11.7. The van der Waals surface area contributed by atoms with Crippen molar-refractivity contribution < 1.29 is 4.74 Å². The highest BCUT2D eigenvalue weighted by Gasteiger charge is 2.20. The average molecular weight is 248 g/mol. The Kier molecular flexibility index (Phi) is 2.99. The van der Waals surface area contributed by atoms with E-state index in [2.05, 4.69) is 21.8 Å². The molecule has 3 nitrogen and oxygen atoms in total. The highest BCUT2D eigenvalue weighted by Crippen LogP contribution is 2.33. The molecule has 3 rings (SSSR count). The van der Waals surface area contributed by atoms with E-state index in [0.29, 0.717) is 5.92 Å². The third-order valence-electron chi connectivity index (χ3n) is 3.39. The summed E-state index contributed by atoms with van der Waals surface area (Å²) in [6, 6.07) is 6.22. The summed E-state index contributed by atoms with van der Waals surface area (Å²) in [4.78, 5) is 0. The first-order chi connectivity index (χ1) is 8.38. The van der Waals surface area contributed by atoms with Crippen molar-refractivity contribution in [3.05, 3.63) is 23.9 Å². The van der Waals surface area contributed by atoms with Crippen LogP contribution in [0, 0.1) is 0 Å². The molecule has 17 heavy (non-hydrogen) atoms. The van der Waals surface area contributed by atoms with Crippen LogP contribution in [-0.4, -0.2) is 24.6 Å². The van der Waals surface area contributed by atoms with Gasteiger partial charge < -0.3 is 10.1 Å². The van der Waals surface area contributed by atoms with E-state index in [1.165, 1.54) is 28.6 Å². The first-order valence-corrected chi connectivity index (χ1v) is 6.80. The van der Waals surface area contributed by atoms with Crippen molar-refractivity contribution in [2.45, 2.75) is 18.8 Å². The Morgan fingerprint density at radius 2 is 2.41 bits per heavy atom. The van der Waals surface area contributed by atoms with Gasteiger partial charge in [0.05, 0.1) is 17.5 Å². The summed E-state index contributed by atoms with van der Waals surface area (Å²) >= 11 is 1.59. The maximum atomic E-state index is 5.30. The molecule has 2 heterocycles. The van der Waals surface area contributed by atoms with Crippen LogP contribution in [0.5, 0.6) is 5.75 Å². The predicted molar refractivity (Wildman–Crippen MR) is 71.0 cm³/mol. The number of methoxy groups -OCH3 is 1. The number of ether oxygens (including phenoxy) is 1. The molecule has 1 aromatic carbocycles. The normalized spacial score (nSPS) is 20.6. The molecule has 90 valence electrons. The summed E-state index contributed by atoms with van der Waals surface area (Å²) in [5.41, 5.74) is 1.25. The van der Waals surface area contributed by atoms with Gasteiger partial charge in [0.25, 0.3) is 0 Å². The van der Waals surface area contributed by atoms with Gasteiger partial charge in [0.15, 0.2) is 0 Å². The SMILES string of the molecule is COc1ccc2snc(C3CCCNC3)c2c1. The Hall–Kier alpha value is -1.13. The zero-order valence-corrected chi connectivity index (χ0v) is 10.7. The van der Waals surface area contributed by atoms with Crippen molar-refractivity contribution in [2.75, 3.05) is 20.2 Å². The molecule has 1 saturated heterocycles. The van der Waals surface area contributed by atoms with Crippen LogP contribution in [0.4, 0.5) is 0 Å². The molecule has 1 N–H and O–H groups in total. The lowest BCUT2D eigenvalue weighted by molar-refractivity contribution is 0.415. The molecule has 0 radical (unpaired) electrons. The Labute approximate surface area is 105 Å². The largest absolute Gasteiger partial charge is 0.497 e. The number of nitrogens with zero attached hydrogens (tertiary/aromatic N) is 1. The summed E-state index contributed by atoms with van der Waals surface area (Å²) in [7, 11) is 1.71. The van der Waals surface area contributed by atoms with Crippen molar-refractivity contribution in [1.82, 2.24) is 9.69 Å². The van der Waals surface area contributed by atoms with Crippen molar-refractivity contribution in [1.29, 1.82) is 0 Å². The molecule has 0 bridgehead atoms. The van der Waals surface area contributed by atoms with E-state index in [4.69, 9.17) is 4.74 Å². The van der Waals surface area contributed by atoms with Crippen LogP contribution in [0.3, 0.4) is 0 Å². The first kappa shape index (κ1) is 11.0. The Balaban J connectivity index is 2.02. The van der Waals surface area contributed by atoms with Crippen LogP contribution in [0.1, 0.15) is 24.5 Å². The van der Waals surface area contributed by atoms with Crippen molar-refractivity contribution in [3.8, 4) is 5.75 Å². The Morgan fingerprint density at radius 1 is 1.47 bits per heavy atom. The second kappa shape index (κ2) is 4.63. The Morgan fingerprint density at radius 3 is 3.18 bits per heavy atom. The van der Waals surface area contributed by atoms with E-state index in [1.54, 1.807) is 18.6 Å². The van der Waals surface area contributed by atoms with Gasteiger partial charge in [-0.05, 0) is 49.1 Å². The average Bonchev–Trinajstić information content (AvgIpc) is 2.82. The molecule has 1 aliphatic rings. The fourth-order valence-corrected chi connectivity index (χ4v) is 3.28. The van der Waals surface area contributed by atoms with Crippen LogP contribution in [0.25, 0.3) is 10.1 Å². The van der Waals surface area contributed by atoms with Gasteiger partial charge in [0.2, 0.25) is 0 Å². The van der Waals surface area contributed by atoms with E-state index in [9.17, 15) is 0 Å². The number of piperidine rings is 1. The molecule has 0 aliphatic carbocycles. The summed E-state index contributed by atoms with van der Waals surface area (Å²) in [6.45, 7) is 2.19. The standard InChI is InChI=1S/C13H16N2OS/c1-16-10-4-5-12-11(7-10)13(15-17-12)9-3-2-6-14-8-9/h4-5,7,9,14H,2-3,6,8H2,1H3. The predicted octanol–water partition coefficient (Wildman–Crippen LogP) is 2.77. The number of rotatable bonds is 2. The molecular weight excluding hydrogens is 232 g/mol. The van der Waals surface area contributed by atoms with Gasteiger partial charge in [0.1, 0.15) is 5.75 Å². The van der Waals surface area contributed by atoms with E-state index in [1.807, 2.05) is 6.07 Å². The minimum atomic E-state index is 0.560. The van der Waals surface area contributed by atoms with Gasteiger partial charge >= 0.3 is 0 Å². The third kappa shape index (κ3) is 2.03. The first-order valence-electron chi connectivity index (χ1n) is 6.02. The van der Waals surface area contributed by atoms with Gasteiger partial charge in [-0.15, -0.1) is 0 Å². The summed E-state index contributed by atoms with van der Waals surface area (Å²) in [5, 5.41) is 4.72. The molecule has 1 aromatic heterocycles. The number of hydrogen-bond donors (Lipinski definition) is 1. The van der Waals surface area contributed by atoms with E-state index in [0.717, 1.165) is 18.8 Å². The Bertz CT molecular complexity index is 517. The number of aromatic nitrogens is 1. The fraction of sp³-hybridized carbons (Fsp3) is 0.462. The topological polar surface area (TPSA) is 34.1 Å². The maximum absolute atomic E-state index is 5.30. The van der Waals surface area contributed by atoms with Crippen molar-refractivity contribution in [3.63, 3.8) is 0 Å². The molecule has 2 aromatic rings. The van der Waals surface area contributed by atoms with Crippen molar-refractivity contribution in [2.24, 2.45) is 0 Å². The second-order valence-corrected chi connectivity index (χ2v) is 5.28. The van der Waals surface area contributed by atoms with Gasteiger partial charge in [-0.25, -0.2) is 0 Å². The quantitative estimate of drug-likeness (QED) is 0.887. The summed E-state index contributed by atoms with van der Waals surface area (Å²) in [6.07, 6.45) is 2.48. The number of nitrogens with one attached hydrogen (secondary N) is 1. The molecule has 1 fully saturated rings. The van der Waals surface area contributed by atoms with Crippen LogP contribution < -0.4 is 10.1 Å². The van der Waals surface area contributed by atoms with Crippen LogP contribution in [0.2, 0.25) is 0 Å². The van der Waals surface area contributed by atoms with E-state index < -0.39 is 0 Å². The monoisotopic (exact) mass is 248 g/mol. The highest BCUT2D eigenvalue weighted by molar-refractivity contribution is 7.13. The van der Waals surface area contributed by atoms with Crippen LogP contribution in [0.15, 0.2) is 18.2 Å². The van der Waals surface area contributed by atoms with Gasteiger partial charge in [-0.2, -0.15) is 4.37 Å². The molecule has 1 aliphatic heterocycles. The van der Waals surface area contributed by atoms with Crippen LogP contribution in [-0.2, 0) is 0 Å². The van der Waals surface area contributed by atoms with E-state index in [-0.39, 0.29) is 0 Å². The van der Waals surface area contributed by atoms with Gasteiger partial charge in [-0.1, -0.05) is 0 Å². The minimum absolute atomic E-state index is 0.560. The van der Waals surface area contributed by atoms with Gasteiger partial charge in [-0.3, -0.25) is 0 Å². The second-order valence-electron chi connectivity index (χ2n) is 4.47. The minimum Gasteiger partial charge on any atom is -0.497 e. The molecule has 0 saturated carbocycles. The van der Waals surface area contributed by atoms with Gasteiger partial charge in [0, 0.05) is 17.8 Å². The lowest BCUT2D eigenvalue weighted by atomic mass is 9.94.